The van der Waals surface area contributed by atoms with Crippen molar-refractivity contribution in [1.82, 2.24) is 10.6 Å². The molecule has 1 fully saturated rings. The Hall–Kier alpha value is -1.00. The Bertz CT molecular complexity index is 376. The van der Waals surface area contributed by atoms with Gasteiger partial charge in [-0.1, -0.05) is 13.0 Å². The number of benzene rings is 1. The fourth-order valence-corrected chi connectivity index (χ4v) is 2.29. The van der Waals surface area contributed by atoms with Gasteiger partial charge in [0.2, 0.25) is 0 Å². The third-order valence-corrected chi connectivity index (χ3v) is 3.24. The van der Waals surface area contributed by atoms with Gasteiger partial charge < -0.3 is 10.6 Å². The minimum Gasteiger partial charge on any atom is -0.315 e. The first-order valence-electron chi connectivity index (χ1n) is 6.12. The molecule has 1 aromatic rings. The Morgan fingerprint density at radius 2 is 2.29 bits per heavy atom. The van der Waals surface area contributed by atoms with Gasteiger partial charge in [-0.15, -0.1) is 0 Å². The molecule has 2 rings (SSSR count). The van der Waals surface area contributed by atoms with Crippen LogP contribution in [-0.4, -0.2) is 19.1 Å². The van der Waals surface area contributed by atoms with Crippen LogP contribution >= 0.6 is 0 Å². The minimum absolute atomic E-state index is 0.0412. The number of rotatable bonds is 4. The van der Waals surface area contributed by atoms with E-state index in [9.17, 15) is 8.78 Å². The molecule has 4 heteroatoms. The summed E-state index contributed by atoms with van der Waals surface area (Å²) in [5.41, 5.74) is 0.556. The van der Waals surface area contributed by atoms with Crippen molar-refractivity contribution in [3.8, 4) is 0 Å². The number of nitrogens with one attached hydrogen (secondary N) is 2. The molecule has 2 N–H and O–H groups in total. The molecule has 0 aliphatic carbocycles. The largest absolute Gasteiger partial charge is 0.315 e. The second kappa shape index (κ2) is 5.56. The summed E-state index contributed by atoms with van der Waals surface area (Å²) in [5, 5.41) is 6.68. The number of halogens is 2. The van der Waals surface area contributed by atoms with Crippen LogP contribution in [0, 0.1) is 11.6 Å². The first kappa shape index (κ1) is 12.5. The van der Waals surface area contributed by atoms with Crippen LogP contribution < -0.4 is 10.6 Å². The van der Waals surface area contributed by atoms with E-state index >= 15 is 0 Å². The van der Waals surface area contributed by atoms with Gasteiger partial charge in [-0.05, 0) is 25.5 Å². The van der Waals surface area contributed by atoms with Crippen molar-refractivity contribution < 1.29 is 8.78 Å². The molecule has 0 saturated carbocycles. The summed E-state index contributed by atoms with van der Waals surface area (Å²) in [7, 11) is 0. The van der Waals surface area contributed by atoms with E-state index in [1.807, 2.05) is 6.92 Å². The molecule has 0 spiro atoms. The summed E-state index contributed by atoms with van der Waals surface area (Å²) in [5.74, 6) is -0.987. The monoisotopic (exact) mass is 240 g/mol. The zero-order chi connectivity index (χ0) is 12.3. The molecule has 1 saturated heterocycles. The Morgan fingerprint density at radius 1 is 1.47 bits per heavy atom. The summed E-state index contributed by atoms with van der Waals surface area (Å²) in [6.45, 7) is 3.92. The van der Waals surface area contributed by atoms with E-state index < -0.39 is 11.6 Å². The van der Waals surface area contributed by atoms with E-state index in [4.69, 9.17) is 0 Å². The molecule has 1 aromatic carbocycles. The van der Waals surface area contributed by atoms with Crippen LogP contribution in [0.15, 0.2) is 18.2 Å². The van der Waals surface area contributed by atoms with Crippen molar-refractivity contribution in [2.75, 3.05) is 13.1 Å². The molecular weight excluding hydrogens is 222 g/mol. The molecule has 94 valence electrons. The van der Waals surface area contributed by atoms with Gasteiger partial charge in [0, 0.05) is 30.3 Å². The van der Waals surface area contributed by atoms with Crippen LogP contribution in [-0.2, 0) is 0 Å². The minimum atomic E-state index is -0.524. The molecule has 2 atom stereocenters. The predicted molar refractivity (Wildman–Crippen MR) is 63.8 cm³/mol. The van der Waals surface area contributed by atoms with Crippen LogP contribution in [0.25, 0.3) is 0 Å². The van der Waals surface area contributed by atoms with E-state index in [1.165, 1.54) is 12.1 Å². The van der Waals surface area contributed by atoms with Gasteiger partial charge in [-0.2, -0.15) is 0 Å². The second-order valence-electron chi connectivity index (χ2n) is 4.48. The van der Waals surface area contributed by atoms with Crippen molar-refractivity contribution in [3.05, 3.63) is 35.4 Å². The maximum Gasteiger partial charge on any atom is 0.130 e. The summed E-state index contributed by atoms with van der Waals surface area (Å²) >= 11 is 0. The van der Waals surface area contributed by atoms with Crippen molar-refractivity contribution >= 4 is 0 Å². The molecular formula is C13H18F2N2. The lowest BCUT2D eigenvalue weighted by atomic mass is 10.0. The standard InChI is InChI=1S/C13H18F2N2/c1-2-13(17-10-5-6-16-8-10)11-4-3-9(14)7-12(11)15/h3-4,7,10,13,16-17H,2,5-6,8H2,1H3. The Morgan fingerprint density at radius 3 is 2.88 bits per heavy atom. The molecule has 0 aromatic heterocycles. The maximum atomic E-state index is 13.7. The van der Waals surface area contributed by atoms with Crippen molar-refractivity contribution in [2.24, 2.45) is 0 Å². The second-order valence-corrected chi connectivity index (χ2v) is 4.48. The van der Waals surface area contributed by atoms with Crippen LogP contribution in [0.3, 0.4) is 0 Å². The average molecular weight is 240 g/mol. The van der Waals surface area contributed by atoms with Crippen LogP contribution in [0.1, 0.15) is 31.4 Å². The molecule has 1 heterocycles. The third-order valence-electron chi connectivity index (χ3n) is 3.24. The van der Waals surface area contributed by atoms with Crippen molar-refractivity contribution in [1.29, 1.82) is 0 Å². The molecule has 0 amide bonds. The van der Waals surface area contributed by atoms with Gasteiger partial charge in [0.15, 0.2) is 0 Å². The van der Waals surface area contributed by atoms with Crippen molar-refractivity contribution in [3.63, 3.8) is 0 Å². The van der Waals surface area contributed by atoms with Gasteiger partial charge >= 0.3 is 0 Å². The molecule has 0 bridgehead atoms. The topological polar surface area (TPSA) is 24.1 Å². The molecule has 1 aliphatic rings. The smallest absolute Gasteiger partial charge is 0.130 e. The predicted octanol–water partition coefficient (Wildman–Crippen LogP) is 2.37. The lowest BCUT2D eigenvalue weighted by Crippen LogP contribution is -2.34. The van der Waals surface area contributed by atoms with E-state index in [-0.39, 0.29) is 6.04 Å². The Labute approximate surface area is 100 Å². The lowest BCUT2D eigenvalue weighted by Gasteiger charge is -2.22. The molecule has 0 radical (unpaired) electrons. The van der Waals surface area contributed by atoms with Gasteiger partial charge in [0.05, 0.1) is 0 Å². The van der Waals surface area contributed by atoms with Crippen LogP contribution in [0.2, 0.25) is 0 Å². The highest BCUT2D eigenvalue weighted by atomic mass is 19.1. The normalized spacial score (nSPS) is 21.7. The fourth-order valence-electron chi connectivity index (χ4n) is 2.29. The lowest BCUT2D eigenvalue weighted by molar-refractivity contribution is 0.428. The first-order valence-corrected chi connectivity index (χ1v) is 6.12. The van der Waals surface area contributed by atoms with Crippen molar-refractivity contribution in [2.45, 2.75) is 31.8 Å². The fraction of sp³-hybridized carbons (Fsp3) is 0.538. The number of hydrogen-bond acceptors (Lipinski definition) is 2. The van der Waals surface area contributed by atoms with E-state index in [1.54, 1.807) is 0 Å². The summed E-state index contributed by atoms with van der Waals surface area (Å²) in [4.78, 5) is 0. The highest BCUT2D eigenvalue weighted by Crippen LogP contribution is 2.22. The van der Waals surface area contributed by atoms with Crippen LogP contribution in [0.5, 0.6) is 0 Å². The van der Waals surface area contributed by atoms with Gasteiger partial charge in [0.25, 0.3) is 0 Å². The zero-order valence-electron chi connectivity index (χ0n) is 9.97. The quantitative estimate of drug-likeness (QED) is 0.844. The van der Waals surface area contributed by atoms with E-state index in [0.717, 1.165) is 32.0 Å². The molecule has 2 nitrogen and oxygen atoms in total. The highest BCUT2D eigenvalue weighted by molar-refractivity contribution is 5.22. The maximum absolute atomic E-state index is 13.7. The van der Waals surface area contributed by atoms with Crippen LogP contribution in [0.4, 0.5) is 8.78 Å². The SMILES string of the molecule is CCC(NC1CCNC1)c1ccc(F)cc1F. The van der Waals surface area contributed by atoms with E-state index in [0.29, 0.717) is 11.6 Å². The zero-order valence-corrected chi connectivity index (χ0v) is 9.97. The molecule has 1 aliphatic heterocycles. The number of hydrogen-bond donors (Lipinski definition) is 2. The highest BCUT2D eigenvalue weighted by Gasteiger charge is 2.20. The van der Waals surface area contributed by atoms with Gasteiger partial charge in [-0.25, -0.2) is 8.78 Å². The summed E-state index contributed by atoms with van der Waals surface area (Å²) in [6.07, 6.45) is 1.85. The molecule has 2 unspecified atom stereocenters. The Balaban J connectivity index is 2.10. The van der Waals surface area contributed by atoms with E-state index in [2.05, 4.69) is 10.6 Å². The Kier molecular flexibility index (Phi) is 4.07. The third kappa shape index (κ3) is 3.01. The summed E-state index contributed by atoms with van der Waals surface area (Å²) in [6, 6.07) is 4.14. The molecule has 17 heavy (non-hydrogen) atoms. The van der Waals surface area contributed by atoms with Gasteiger partial charge in [-0.3, -0.25) is 0 Å². The summed E-state index contributed by atoms with van der Waals surface area (Å²) < 4.78 is 26.5. The van der Waals surface area contributed by atoms with Gasteiger partial charge in [0.1, 0.15) is 11.6 Å². The first-order chi connectivity index (χ1) is 8.20. The average Bonchev–Trinajstić information content (AvgIpc) is 2.79.